The maximum Gasteiger partial charge on any atom is 0.359 e. The highest BCUT2D eigenvalue weighted by Gasteiger charge is 2.29. The van der Waals surface area contributed by atoms with E-state index in [1.54, 1.807) is 0 Å². The van der Waals surface area contributed by atoms with Gasteiger partial charge in [-0.3, -0.25) is 14.3 Å². The number of aryl methyl sites for hydroxylation is 3. The van der Waals surface area contributed by atoms with Gasteiger partial charge in [0.15, 0.2) is 5.69 Å². The summed E-state index contributed by atoms with van der Waals surface area (Å²) in [7, 11) is 1.95. The third kappa shape index (κ3) is 4.40. The molecule has 0 bridgehead atoms. The Labute approximate surface area is 161 Å². The maximum absolute atomic E-state index is 12.5. The van der Waals surface area contributed by atoms with E-state index in [-0.39, 0.29) is 5.97 Å². The first kappa shape index (κ1) is 19.6. The van der Waals surface area contributed by atoms with Crippen LogP contribution >= 0.6 is 0 Å². The SMILES string of the molecule is CCOC(=O)c1nn(CCC(C)C)c2c1CN(Cc1cn(C)nc1C)CC2. The van der Waals surface area contributed by atoms with Crippen molar-refractivity contribution < 1.29 is 9.53 Å². The van der Waals surface area contributed by atoms with Crippen LogP contribution in [0.4, 0.5) is 0 Å². The predicted octanol–water partition coefficient (Wildman–Crippen LogP) is 2.71. The molecule has 0 saturated heterocycles. The van der Waals surface area contributed by atoms with Crippen LogP contribution in [0.2, 0.25) is 0 Å². The molecule has 0 spiro atoms. The quantitative estimate of drug-likeness (QED) is 0.698. The van der Waals surface area contributed by atoms with Crippen molar-refractivity contribution in [2.45, 2.75) is 60.2 Å². The van der Waals surface area contributed by atoms with Crippen molar-refractivity contribution in [2.75, 3.05) is 13.2 Å². The first-order valence-electron chi connectivity index (χ1n) is 9.86. The molecule has 2 aromatic rings. The minimum absolute atomic E-state index is 0.309. The largest absolute Gasteiger partial charge is 0.461 e. The van der Waals surface area contributed by atoms with Gasteiger partial charge in [-0.15, -0.1) is 0 Å². The molecule has 3 rings (SSSR count). The van der Waals surface area contributed by atoms with Crippen LogP contribution in [0.25, 0.3) is 0 Å². The van der Waals surface area contributed by atoms with E-state index in [4.69, 9.17) is 4.74 Å². The normalized spacial score (nSPS) is 14.6. The standard InChI is InChI=1S/C20H31N5O2/c1-6-27-20(26)19-17-13-24(12-16-11-23(5)21-15(16)4)9-8-18(17)25(22-19)10-7-14(2)3/h11,14H,6-10,12-13H2,1-5H3. The number of hydrogen-bond donors (Lipinski definition) is 0. The van der Waals surface area contributed by atoms with Crippen molar-refractivity contribution in [3.05, 3.63) is 34.4 Å². The molecule has 2 aromatic heterocycles. The summed E-state index contributed by atoms with van der Waals surface area (Å²) in [6.07, 6.45) is 4.03. The minimum atomic E-state index is -0.309. The minimum Gasteiger partial charge on any atom is -0.461 e. The van der Waals surface area contributed by atoms with Gasteiger partial charge in [0.2, 0.25) is 0 Å². The average Bonchev–Trinajstić information content (AvgIpc) is 3.12. The van der Waals surface area contributed by atoms with Gasteiger partial charge in [-0.2, -0.15) is 10.2 Å². The Hall–Kier alpha value is -2.15. The Morgan fingerprint density at radius 1 is 1.33 bits per heavy atom. The molecule has 1 aliphatic rings. The van der Waals surface area contributed by atoms with Gasteiger partial charge in [-0.05, 0) is 26.2 Å². The zero-order chi connectivity index (χ0) is 19.6. The Morgan fingerprint density at radius 3 is 2.74 bits per heavy atom. The number of carbonyl (C=O) groups is 1. The van der Waals surface area contributed by atoms with Gasteiger partial charge in [0, 0.05) is 62.7 Å². The maximum atomic E-state index is 12.5. The summed E-state index contributed by atoms with van der Waals surface area (Å²) in [5, 5.41) is 9.08. The number of carbonyl (C=O) groups excluding carboxylic acids is 1. The summed E-state index contributed by atoms with van der Waals surface area (Å²) in [6, 6.07) is 0. The Balaban J connectivity index is 1.83. The van der Waals surface area contributed by atoms with Crippen LogP contribution in [0.15, 0.2) is 6.20 Å². The highest BCUT2D eigenvalue weighted by Crippen LogP contribution is 2.25. The molecule has 0 aliphatic carbocycles. The van der Waals surface area contributed by atoms with Gasteiger partial charge in [-0.1, -0.05) is 13.8 Å². The number of fused-ring (bicyclic) bond motifs is 1. The third-order valence-electron chi connectivity index (χ3n) is 5.11. The van der Waals surface area contributed by atoms with E-state index >= 15 is 0 Å². The Morgan fingerprint density at radius 2 is 2.11 bits per heavy atom. The number of aromatic nitrogens is 4. The third-order valence-corrected chi connectivity index (χ3v) is 5.11. The van der Waals surface area contributed by atoms with Crippen molar-refractivity contribution in [2.24, 2.45) is 13.0 Å². The lowest BCUT2D eigenvalue weighted by atomic mass is 10.0. The van der Waals surface area contributed by atoms with Crippen molar-refractivity contribution >= 4 is 5.97 Å². The van der Waals surface area contributed by atoms with Crippen LogP contribution in [-0.2, 0) is 37.8 Å². The van der Waals surface area contributed by atoms with Crippen molar-refractivity contribution in [1.29, 1.82) is 0 Å². The highest BCUT2D eigenvalue weighted by atomic mass is 16.5. The smallest absolute Gasteiger partial charge is 0.359 e. The van der Waals surface area contributed by atoms with Crippen LogP contribution in [0.3, 0.4) is 0 Å². The number of hydrogen-bond acceptors (Lipinski definition) is 5. The second-order valence-electron chi connectivity index (χ2n) is 7.77. The summed E-state index contributed by atoms with van der Waals surface area (Å²) < 4.78 is 9.15. The van der Waals surface area contributed by atoms with Crippen LogP contribution in [-0.4, -0.2) is 43.6 Å². The first-order valence-corrected chi connectivity index (χ1v) is 9.86. The monoisotopic (exact) mass is 373 g/mol. The fourth-order valence-corrected chi connectivity index (χ4v) is 3.66. The second-order valence-corrected chi connectivity index (χ2v) is 7.77. The molecule has 27 heavy (non-hydrogen) atoms. The van der Waals surface area contributed by atoms with E-state index in [2.05, 4.69) is 35.1 Å². The molecule has 0 fully saturated rings. The molecule has 0 unspecified atom stereocenters. The van der Waals surface area contributed by atoms with Gasteiger partial charge in [0.25, 0.3) is 0 Å². The summed E-state index contributed by atoms with van der Waals surface area (Å²) >= 11 is 0. The van der Waals surface area contributed by atoms with Crippen LogP contribution in [0.1, 0.15) is 60.2 Å². The fraction of sp³-hybridized carbons (Fsp3) is 0.650. The van der Waals surface area contributed by atoms with Crippen molar-refractivity contribution in [1.82, 2.24) is 24.5 Å². The molecule has 148 valence electrons. The lowest BCUT2D eigenvalue weighted by Crippen LogP contribution is -2.31. The van der Waals surface area contributed by atoms with Crippen molar-refractivity contribution in [3.8, 4) is 0 Å². The number of ether oxygens (including phenoxy) is 1. The molecule has 7 nitrogen and oxygen atoms in total. The average molecular weight is 374 g/mol. The molecule has 0 amide bonds. The second kappa shape index (κ2) is 8.25. The molecule has 7 heteroatoms. The highest BCUT2D eigenvalue weighted by molar-refractivity contribution is 5.89. The lowest BCUT2D eigenvalue weighted by Gasteiger charge is -2.27. The summed E-state index contributed by atoms with van der Waals surface area (Å²) in [5.74, 6) is 0.293. The fourth-order valence-electron chi connectivity index (χ4n) is 3.66. The van der Waals surface area contributed by atoms with Crippen LogP contribution < -0.4 is 0 Å². The van der Waals surface area contributed by atoms with Crippen LogP contribution in [0, 0.1) is 12.8 Å². The van der Waals surface area contributed by atoms with Gasteiger partial charge in [0.1, 0.15) is 0 Å². The summed E-state index contributed by atoms with van der Waals surface area (Å²) in [6.45, 7) is 12.0. The predicted molar refractivity (Wildman–Crippen MR) is 103 cm³/mol. The van der Waals surface area contributed by atoms with E-state index in [1.807, 2.05) is 30.3 Å². The molecular weight excluding hydrogens is 342 g/mol. The van der Waals surface area contributed by atoms with Gasteiger partial charge >= 0.3 is 5.97 Å². The van der Waals surface area contributed by atoms with Gasteiger partial charge in [0.05, 0.1) is 12.3 Å². The molecule has 0 aromatic carbocycles. The molecule has 1 aliphatic heterocycles. The molecule has 0 N–H and O–H groups in total. The van der Waals surface area contributed by atoms with Gasteiger partial charge < -0.3 is 4.74 Å². The van der Waals surface area contributed by atoms with E-state index in [9.17, 15) is 4.79 Å². The zero-order valence-corrected chi connectivity index (χ0v) is 17.2. The number of esters is 1. The topological polar surface area (TPSA) is 65.2 Å². The molecule has 3 heterocycles. The molecule has 0 saturated carbocycles. The zero-order valence-electron chi connectivity index (χ0n) is 17.2. The number of rotatable bonds is 7. The molecule has 0 radical (unpaired) electrons. The first-order chi connectivity index (χ1) is 12.9. The molecular formula is C20H31N5O2. The van der Waals surface area contributed by atoms with Crippen molar-refractivity contribution in [3.63, 3.8) is 0 Å². The van der Waals surface area contributed by atoms with E-state index < -0.39 is 0 Å². The summed E-state index contributed by atoms with van der Waals surface area (Å²) in [5.41, 5.74) is 5.00. The number of nitrogens with zero attached hydrogens (tertiary/aromatic N) is 5. The Bertz CT molecular complexity index is 806. The summed E-state index contributed by atoms with van der Waals surface area (Å²) in [4.78, 5) is 14.8. The van der Waals surface area contributed by atoms with E-state index in [1.165, 1.54) is 11.3 Å². The molecule has 0 atom stereocenters. The van der Waals surface area contributed by atoms with Crippen LogP contribution in [0.5, 0.6) is 0 Å². The Kier molecular flexibility index (Phi) is 5.99. The lowest BCUT2D eigenvalue weighted by molar-refractivity contribution is 0.0515. The van der Waals surface area contributed by atoms with E-state index in [0.29, 0.717) is 18.2 Å². The van der Waals surface area contributed by atoms with Gasteiger partial charge in [-0.25, -0.2) is 4.79 Å². The van der Waals surface area contributed by atoms with E-state index in [0.717, 1.165) is 50.3 Å².